The third-order valence-corrected chi connectivity index (χ3v) is 9.47. The second-order valence-electron chi connectivity index (χ2n) is 9.62. The molecule has 0 bridgehead atoms. The summed E-state index contributed by atoms with van der Waals surface area (Å²) in [7, 11) is 0. The zero-order chi connectivity index (χ0) is 38.7. The molecule has 7 nitrogen and oxygen atoms in total. The number of hydrogen-bond acceptors (Lipinski definition) is 7. The quantitative estimate of drug-likeness (QED) is 0.0352. The number of carbonyl (C=O) groups is 1. The molecule has 0 saturated heterocycles. The van der Waals surface area contributed by atoms with Gasteiger partial charge in [-0.15, -0.1) is 0 Å². The smallest absolute Gasteiger partial charge is 1.00 e. The molecule has 0 aromatic heterocycles. The molecule has 1 N–H and O–H groups in total. The summed E-state index contributed by atoms with van der Waals surface area (Å²) >= 11 is 10.8. The molecule has 0 atom stereocenters. The van der Waals surface area contributed by atoms with Gasteiger partial charge >= 0.3 is 103 Å². The van der Waals surface area contributed by atoms with Crippen molar-refractivity contribution >= 4 is 113 Å². The molecular formula is C33H29BrF6I4K2O7. The number of carbonyl (C=O) groups excluding carboxylic acids is 1. The average Bonchev–Trinajstić information content (AvgIpc) is 3.03. The minimum absolute atomic E-state index is 0. The van der Waals surface area contributed by atoms with E-state index in [0.717, 1.165) is 29.4 Å². The summed E-state index contributed by atoms with van der Waals surface area (Å²) in [6.07, 6.45) is 1.30. The first kappa shape index (κ1) is 56.9. The van der Waals surface area contributed by atoms with Crippen molar-refractivity contribution in [3.8, 4) is 23.0 Å². The molecule has 0 radical (unpaired) electrons. The van der Waals surface area contributed by atoms with Gasteiger partial charge in [-0.25, -0.2) is 26.3 Å². The van der Waals surface area contributed by atoms with E-state index in [1.54, 1.807) is 13.8 Å². The van der Waals surface area contributed by atoms with Crippen LogP contribution in [0.2, 0.25) is 0 Å². The topological polar surface area (TPSA) is 97.3 Å². The van der Waals surface area contributed by atoms with Gasteiger partial charge in [0.1, 0.15) is 34.8 Å². The first-order chi connectivity index (χ1) is 24.1. The Bertz CT molecular complexity index is 1590. The Labute approximate surface area is 452 Å². The van der Waals surface area contributed by atoms with Crippen LogP contribution >= 0.6 is 106 Å². The van der Waals surface area contributed by atoms with Crippen molar-refractivity contribution in [2.24, 2.45) is 0 Å². The molecule has 282 valence electrons. The predicted octanol–water partition coefficient (Wildman–Crippen LogP) is 4.20. The van der Waals surface area contributed by atoms with Crippen molar-refractivity contribution < 1.29 is 165 Å². The second kappa shape index (κ2) is 31.7. The maximum atomic E-state index is 13.6. The molecule has 0 unspecified atom stereocenters. The van der Waals surface area contributed by atoms with Crippen molar-refractivity contribution in [1.82, 2.24) is 0 Å². The van der Waals surface area contributed by atoms with Gasteiger partial charge in [-0.3, -0.25) is 4.79 Å². The number of alkyl halides is 1. The minimum Gasteiger partial charge on any atom is -1.00 e. The zero-order valence-corrected chi connectivity index (χ0v) is 45.0. The fourth-order valence-electron chi connectivity index (χ4n) is 3.54. The van der Waals surface area contributed by atoms with E-state index in [1.807, 2.05) is 90.4 Å². The number of benzene rings is 4. The van der Waals surface area contributed by atoms with Crippen molar-refractivity contribution in [3.05, 3.63) is 109 Å². The summed E-state index contributed by atoms with van der Waals surface area (Å²) in [5.74, 6) is -2.22. The van der Waals surface area contributed by atoms with Crippen molar-refractivity contribution in [3.63, 3.8) is 0 Å². The summed E-state index contributed by atoms with van der Waals surface area (Å²) in [6, 6.07) is 9.47. The van der Waals surface area contributed by atoms with Crippen molar-refractivity contribution in [2.75, 3.05) is 25.2 Å². The van der Waals surface area contributed by atoms with Gasteiger partial charge in [0.15, 0.2) is 23.1 Å². The van der Waals surface area contributed by atoms with Gasteiger partial charge in [0.25, 0.3) is 6.47 Å². The maximum Gasteiger partial charge on any atom is 1.00 e. The van der Waals surface area contributed by atoms with Gasteiger partial charge in [-0.05, 0) is 158 Å². The standard InChI is InChI=1S/C16H13F3I2O2.C9H8BrF2IO.C7H6FIO.CH2O3.2K.H/c1-9-5-10(17)7-13(20)15(9)22-3-2-4-23-16-12(19)6-11(18)8-14(16)21;10-2-1-3-14-9-7(12)4-6(11)5-8(9)13;1-4-2-5(8)3-6(9)7(4)10;2-1-4-3;;;/h5-8H,2-4H2,1H3;4-5H,1-3H2;2-3,10H,1H3;1,3H;;;/q;;;;2*+1;-1/p-1. The summed E-state index contributed by atoms with van der Waals surface area (Å²) in [4.78, 5) is 11.2. The van der Waals surface area contributed by atoms with E-state index in [2.05, 4.69) is 20.8 Å². The number of hydrogen-bond donors (Lipinski definition) is 1. The molecule has 4 rings (SSSR count). The summed E-state index contributed by atoms with van der Waals surface area (Å²) in [5.41, 5.74) is 1.29. The average molecular weight is 1320 g/mol. The third kappa shape index (κ3) is 22.6. The van der Waals surface area contributed by atoms with E-state index in [1.165, 1.54) is 36.4 Å². The third-order valence-electron chi connectivity index (χ3n) is 5.68. The minimum atomic E-state index is -0.723. The maximum absolute atomic E-state index is 13.6. The van der Waals surface area contributed by atoms with E-state index in [9.17, 15) is 26.3 Å². The number of phenols is 1. The fourth-order valence-corrected chi connectivity index (χ4v) is 6.79. The Morgan fingerprint density at radius 2 is 0.981 bits per heavy atom. The van der Waals surface area contributed by atoms with Gasteiger partial charge in [0.2, 0.25) is 0 Å². The molecule has 0 heterocycles. The Balaban J connectivity index is -0.000000720. The fraction of sp³-hybridized carbons (Fsp3) is 0.242. The molecule has 4 aromatic rings. The molecule has 0 aliphatic rings. The number of halogens is 11. The molecule has 20 heteroatoms. The van der Waals surface area contributed by atoms with Crippen LogP contribution in [0.15, 0.2) is 48.5 Å². The molecule has 53 heavy (non-hydrogen) atoms. The number of ether oxygens (including phenoxy) is 3. The first-order valence-corrected chi connectivity index (χ1v) is 19.6. The van der Waals surface area contributed by atoms with Crippen LogP contribution in [0.5, 0.6) is 23.0 Å². The van der Waals surface area contributed by atoms with E-state index in [4.69, 9.17) is 29.4 Å². The van der Waals surface area contributed by atoms with Crippen molar-refractivity contribution in [2.45, 2.75) is 26.7 Å². The summed E-state index contributed by atoms with van der Waals surface area (Å²) in [6.45, 7) is 4.26. The largest absolute Gasteiger partial charge is 1.00 e. The van der Waals surface area contributed by atoms with Crippen LogP contribution in [0, 0.1) is 63.0 Å². The molecule has 0 saturated carbocycles. The zero-order valence-electron chi connectivity index (χ0n) is 29.5. The molecule has 0 amide bonds. The van der Waals surface area contributed by atoms with E-state index in [-0.39, 0.29) is 146 Å². The predicted molar refractivity (Wildman–Crippen MR) is 215 cm³/mol. The first-order valence-electron chi connectivity index (χ1n) is 14.1. The second-order valence-corrected chi connectivity index (χ2v) is 15.1. The van der Waals surface area contributed by atoms with Gasteiger partial charge in [0, 0.05) is 23.9 Å². The number of aromatic hydroxyl groups is 1. The Hall–Kier alpha value is 1.76. The van der Waals surface area contributed by atoms with Crippen LogP contribution in [0.4, 0.5) is 26.3 Å². The van der Waals surface area contributed by atoms with Crippen LogP contribution < -0.4 is 122 Å². The Morgan fingerprint density at radius 1 is 0.642 bits per heavy atom. The van der Waals surface area contributed by atoms with Gasteiger partial charge in [-0.2, -0.15) is 0 Å². The van der Waals surface area contributed by atoms with Crippen LogP contribution in [0.3, 0.4) is 0 Å². The van der Waals surface area contributed by atoms with Crippen LogP contribution in [-0.2, 0) is 9.68 Å². The van der Waals surface area contributed by atoms with E-state index in [0.29, 0.717) is 45.2 Å². The van der Waals surface area contributed by atoms with Gasteiger partial charge in [0.05, 0.1) is 34.1 Å². The van der Waals surface area contributed by atoms with Crippen LogP contribution in [0.1, 0.15) is 25.4 Å². The van der Waals surface area contributed by atoms with Gasteiger partial charge < -0.3 is 30.9 Å². The Kier molecular flexibility index (Phi) is 34.0. The number of rotatable bonds is 11. The van der Waals surface area contributed by atoms with Gasteiger partial charge in [-0.1, -0.05) is 15.9 Å². The SMILES string of the molecule is Cc1cc(F)cc(I)c1O.Cc1cc(F)cc(I)c1OCCCOc1c(F)cc(F)cc1I.Fc1cc(F)c(OCCCBr)c(I)c1.O=CO[O-].[H-].[K+].[K+]. The summed E-state index contributed by atoms with van der Waals surface area (Å²) in [5, 5.41) is 18.4. The number of phenolic OH excluding ortho intramolecular Hbond substituents is 1. The van der Waals surface area contributed by atoms with E-state index >= 15 is 0 Å². The Morgan fingerprint density at radius 3 is 1.34 bits per heavy atom. The monoisotopic (exact) mass is 1320 g/mol. The number of aryl methyl sites for hydroxylation is 2. The molecule has 0 fully saturated rings. The van der Waals surface area contributed by atoms with Crippen LogP contribution in [-0.4, -0.2) is 36.7 Å². The molecule has 0 aliphatic heterocycles. The molecule has 0 spiro atoms. The summed E-state index contributed by atoms with van der Waals surface area (Å²) < 4.78 is 96.4. The molecular weight excluding hydrogens is 1290 g/mol. The van der Waals surface area contributed by atoms with E-state index < -0.39 is 23.3 Å². The normalized spacial score (nSPS) is 9.62. The molecule has 4 aromatic carbocycles. The van der Waals surface area contributed by atoms with Crippen molar-refractivity contribution in [1.29, 1.82) is 0 Å². The van der Waals surface area contributed by atoms with Crippen LogP contribution in [0.25, 0.3) is 0 Å². The molecule has 0 aliphatic carbocycles.